The molecule has 2 unspecified atom stereocenters. The van der Waals surface area contributed by atoms with Crippen molar-refractivity contribution in [1.29, 1.82) is 0 Å². The van der Waals surface area contributed by atoms with Gasteiger partial charge in [-0.1, -0.05) is 6.92 Å². The van der Waals surface area contributed by atoms with Gasteiger partial charge < -0.3 is 10.2 Å². The van der Waals surface area contributed by atoms with Gasteiger partial charge in [0.1, 0.15) is 0 Å². The average molecular weight is 252 g/mol. The van der Waals surface area contributed by atoms with Gasteiger partial charge in [0.15, 0.2) is 0 Å². The molecule has 0 aromatic heterocycles. The number of rotatable bonds is 3. The van der Waals surface area contributed by atoms with Crippen molar-refractivity contribution in [1.82, 2.24) is 10.2 Å². The number of likely N-dealkylation sites (N-methyl/N-ethyl adjacent to an activating group) is 1. The lowest BCUT2D eigenvalue weighted by molar-refractivity contribution is -0.149. The number of nitrogens with zero attached hydrogens (tertiary/aromatic N) is 1. The van der Waals surface area contributed by atoms with E-state index in [0.717, 1.165) is 0 Å². The van der Waals surface area contributed by atoms with Crippen LogP contribution in [-0.4, -0.2) is 42.7 Å². The lowest BCUT2D eigenvalue weighted by atomic mass is 9.91. The molecule has 1 amide bonds. The van der Waals surface area contributed by atoms with E-state index in [4.69, 9.17) is 0 Å². The molecule has 1 aliphatic rings. The fourth-order valence-electron chi connectivity index (χ4n) is 2.43. The Morgan fingerprint density at radius 1 is 1.41 bits per heavy atom. The molecule has 1 N–H and O–H groups in total. The van der Waals surface area contributed by atoms with Crippen LogP contribution in [0.2, 0.25) is 0 Å². The van der Waals surface area contributed by atoms with E-state index in [1.54, 1.807) is 0 Å². The molecule has 17 heavy (non-hydrogen) atoms. The topological polar surface area (TPSA) is 32.3 Å². The summed E-state index contributed by atoms with van der Waals surface area (Å²) in [5.74, 6) is -0.598. The third kappa shape index (κ3) is 5.39. The highest BCUT2D eigenvalue weighted by molar-refractivity contribution is 5.73. The first-order chi connectivity index (χ1) is 7.80. The van der Waals surface area contributed by atoms with Gasteiger partial charge in [-0.05, 0) is 18.9 Å². The van der Waals surface area contributed by atoms with Crippen molar-refractivity contribution in [2.75, 3.05) is 19.6 Å². The Morgan fingerprint density at radius 2 is 2.06 bits per heavy atom. The number of hydrogen-bond donors (Lipinski definition) is 1. The second-order valence-electron chi connectivity index (χ2n) is 4.67. The molecule has 0 aromatic carbocycles. The highest BCUT2D eigenvalue weighted by atomic mass is 19.4. The molecule has 100 valence electrons. The van der Waals surface area contributed by atoms with Gasteiger partial charge in [0.25, 0.3) is 0 Å². The second-order valence-corrected chi connectivity index (χ2v) is 4.67. The predicted molar refractivity (Wildman–Crippen MR) is 58.5 cm³/mol. The minimum atomic E-state index is -4.12. The zero-order valence-corrected chi connectivity index (χ0v) is 10.2. The molecule has 1 saturated heterocycles. The van der Waals surface area contributed by atoms with E-state index in [1.165, 1.54) is 6.92 Å². The molecule has 3 nitrogen and oxygen atoms in total. The monoisotopic (exact) mass is 252 g/mol. The van der Waals surface area contributed by atoms with Gasteiger partial charge in [0.2, 0.25) is 5.91 Å². The van der Waals surface area contributed by atoms with Crippen LogP contribution in [0.1, 0.15) is 26.7 Å². The van der Waals surface area contributed by atoms with E-state index in [2.05, 4.69) is 5.32 Å². The van der Waals surface area contributed by atoms with Crippen molar-refractivity contribution in [3.05, 3.63) is 0 Å². The molecule has 0 bridgehead atoms. The molecule has 2 atom stereocenters. The molecule has 0 aromatic rings. The van der Waals surface area contributed by atoms with Crippen LogP contribution < -0.4 is 5.32 Å². The predicted octanol–water partition coefficient (Wildman–Crippen LogP) is 1.79. The third-order valence-electron chi connectivity index (χ3n) is 2.99. The minimum Gasteiger partial charge on any atom is -0.352 e. The Labute approximate surface area is 99.4 Å². The molecule has 0 aliphatic carbocycles. The normalized spacial score (nSPS) is 26.9. The molecule has 1 heterocycles. The van der Waals surface area contributed by atoms with Crippen LogP contribution in [-0.2, 0) is 4.79 Å². The number of halogens is 3. The van der Waals surface area contributed by atoms with Gasteiger partial charge in [-0.3, -0.25) is 4.79 Å². The summed E-state index contributed by atoms with van der Waals surface area (Å²) >= 11 is 0. The molecule has 6 heteroatoms. The number of amides is 1. The molecular formula is C11H19F3N2O. The SMILES string of the molecule is CCN1CC(CC(F)(F)F)CC(NC(C)=O)C1. The first-order valence-corrected chi connectivity index (χ1v) is 5.86. The molecular weight excluding hydrogens is 233 g/mol. The van der Waals surface area contributed by atoms with E-state index >= 15 is 0 Å². The van der Waals surface area contributed by atoms with Gasteiger partial charge in [-0.25, -0.2) is 0 Å². The van der Waals surface area contributed by atoms with Gasteiger partial charge in [0, 0.05) is 32.5 Å². The zero-order chi connectivity index (χ0) is 13.1. The fourth-order valence-corrected chi connectivity index (χ4v) is 2.43. The second kappa shape index (κ2) is 5.71. The van der Waals surface area contributed by atoms with Crippen molar-refractivity contribution < 1.29 is 18.0 Å². The van der Waals surface area contributed by atoms with Crippen molar-refractivity contribution >= 4 is 5.91 Å². The third-order valence-corrected chi connectivity index (χ3v) is 2.99. The largest absolute Gasteiger partial charge is 0.389 e. The van der Waals surface area contributed by atoms with Gasteiger partial charge >= 0.3 is 6.18 Å². The molecule has 1 fully saturated rings. The summed E-state index contributed by atoms with van der Waals surface area (Å²) < 4.78 is 37.1. The standard InChI is InChI=1S/C11H19F3N2O/c1-3-16-6-9(5-11(12,13)14)4-10(7-16)15-8(2)17/h9-10H,3-7H2,1-2H3,(H,15,17). The first kappa shape index (κ1) is 14.3. The van der Waals surface area contributed by atoms with Crippen molar-refractivity contribution in [2.24, 2.45) is 5.92 Å². The van der Waals surface area contributed by atoms with Crippen LogP contribution in [0.4, 0.5) is 13.2 Å². The van der Waals surface area contributed by atoms with Gasteiger partial charge in [-0.2, -0.15) is 13.2 Å². The smallest absolute Gasteiger partial charge is 0.352 e. The first-order valence-electron chi connectivity index (χ1n) is 5.86. The Kier molecular flexibility index (Phi) is 4.80. The lowest BCUT2D eigenvalue weighted by Gasteiger charge is -2.37. The van der Waals surface area contributed by atoms with Crippen LogP contribution in [0.3, 0.4) is 0 Å². The number of carbonyl (C=O) groups is 1. The van der Waals surface area contributed by atoms with Gasteiger partial charge in [-0.15, -0.1) is 0 Å². The average Bonchev–Trinajstić information content (AvgIpc) is 2.13. The van der Waals surface area contributed by atoms with E-state index in [-0.39, 0.29) is 11.9 Å². The van der Waals surface area contributed by atoms with E-state index in [9.17, 15) is 18.0 Å². The van der Waals surface area contributed by atoms with Crippen molar-refractivity contribution in [3.63, 3.8) is 0 Å². The highest BCUT2D eigenvalue weighted by Crippen LogP contribution is 2.30. The van der Waals surface area contributed by atoms with Crippen molar-refractivity contribution in [3.8, 4) is 0 Å². The fraction of sp³-hybridized carbons (Fsp3) is 0.909. The van der Waals surface area contributed by atoms with Crippen LogP contribution in [0, 0.1) is 5.92 Å². The van der Waals surface area contributed by atoms with E-state index < -0.39 is 18.5 Å². The summed E-state index contributed by atoms with van der Waals surface area (Å²) in [5, 5.41) is 2.71. The maximum atomic E-state index is 12.4. The Morgan fingerprint density at radius 3 is 2.53 bits per heavy atom. The molecule has 0 saturated carbocycles. The highest BCUT2D eigenvalue weighted by Gasteiger charge is 2.36. The van der Waals surface area contributed by atoms with Crippen LogP contribution >= 0.6 is 0 Å². The number of likely N-dealkylation sites (tertiary alicyclic amines) is 1. The summed E-state index contributed by atoms with van der Waals surface area (Å²) in [4.78, 5) is 12.9. The maximum absolute atomic E-state index is 12.4. The Bertz CT molecular complexity index is 268. The Balaban J connectivity index is 2.57. The van der Waals surface area contributed by atoms with Gasteiger partial charge in [0.05, 0.1) is 0 Å². The van der Waals surface area contributed by atoms with Crippen LogP contribution in [0.15, 0.2) is 0 Å². The number of hydrogen-bond acceptors (Lipinski definition) is 2. The summed E-state index contributed by atoms with van der Waals surface area (Å²) in [6.45, 7) is 5.13. The van der Waals surface area contributed by atoms with E-state index in [1.807, 2.05) is 11.8 Å². The van der Waals surface area contributed by atoms with E-state index in [0.29, 0.717) is 26.1 Å². The van der Waals surface area contributed by atoms with Crippen LogP contribution in [0.25, 0.3) is 0 Å². The number of nitrogens with one attached hydrogen (secondary N) is 1. The summed E-state index contributed by atoms with van der Waals surface area (Å²) in [7, 11) is 0. The molecule has 1 aliphatic heterocycles. The minimum absolute atomic E-state index is 0.159. The van der Waals surface area contributed by atoms with Crippen LogP contribution in [0.5, 0.6) is 0 Å². The summed E-state index contributed by atoms with van der Waals surface area (Å²) in [6.07, 6.45) is -4.47. The summed E-state index contributed by atoms with van der Waals surface area (Å²) in [5.41, 5.74) is 0. The molecule has 0 radical (unpaired) electrons. The summed E-state index contributed by atoms with van der Waals surface area (Å²) in [6, 6.07) is -0.159. The zero-order valence-electron chi connectivity index (χ0n) is 10.2. The lowest BCUT2D eigenvalue weighted by Crippen LogP contribution is -2.50. The number of piperidine rings is 1. The number of alkyl halides is 3. The Hall–Kier alpha value is -0.780. The van der Waals surface area contributed by atoms with Crippen molar-refractivity contribution in [2.45, 2.75) is 38.9 Å². The number of carbonyl (C=O) groups excluding carboxylic acids is 1. The maximum Gasteiger partial charge on any atom is 0.389 e. The quantitative estimate of drug-likeness (QED) is 0.830. The molecule has 1 rings (SSSR count). The molecule has 0 spiro atoms.